The van der Waals surface area contributed by atoms with Gasteiger partial charge in [0.15, 0.2) is 0 Å². The van der Waals surface area contributed by atoms with E-state index in [-0.39, 0.29) is 0 Å². The Morgan fingerprint density at radius 1 is 1.25 bits per heavy atom. The SMILES string of the molecule is Cc1ccc(NC2CCCOCC2)c(C)n1. The predicted molar refractivity (Wildman–Crippen MR) is 65.8 cm³/mol. The molecule has 0 saturated carbocycles. The molecule has 1 atom stereocenters. The molecule has 16 heavy (non-hydrogen) atoms. The third kappa shape index (κ3) is 2.95. The molecule has 1 saturated heterocycles. The highest BCUT2D eigenvalue weighted by molar-refractivity contribution is 5.48. The fourth-order valence-electron chi connectivity index (χ4n) is 2.11. The van der Waals surface area contributed by atoms with E-state index in [1.54, 1.807) is 0 Å². The molecule has 1 aromatic heterocycles. The largest absolute Gasteiger partial charge is 0.381 e. The minimum absolute atomic E-state index is 0.533. The van der Waals surface area contributed by atoms with Crippen molar-refractivity contribution >= 4 is 5.69 Å². The van der Waals surface area contributed by atoms with Gasteiger partial charge in [-0.05, 0) is 45.2 Å². The number of hydrogen-bond acceptors (Lipinski definition) is 3. The molecular weight excluding hydrogens is 200 g/mol. The molecule has 2 rings (SSSR count). The Kier molecular flexibility index (Phi) is 3.78. The van der Waals surface area contributed by atoms with Crippen LogP contribution in [0.2, 0.25) is 0 Å². The van der Waals surface area contributed by atoms with E-state index >= 15 is 0 Å². The van der Waals surface area contributed by atoms with Crippen molar-refractivity contribution in [2.75, 3.05) is 18.5 Å². The number of ether oxygens (including phenoxy) is 1. The van der Waals surface area contributed by atoms with Crippen LogP contribution in [0.5, 0.6) is 0 Å². The highest BCUT2D eigenvalue weighted by atomic mass is 16.5. The van der Waals surface area contributed by atoms with Crippen LogP contribution in [-0.2, 0) is 4.74 Å². The lowest BCUT2D eigenvalue weighted by atomic mass is 10.1. The fourth-order valence-corrected chi connectivity index (χ4v) is 2.11. The van der Waals surface area contributed by atoms with Crippen molar-refractivity contribution in [3.05, 3.63) is 23.5 Å². The molecule has 1 N–H and O–H groups in total. The van der Waals surface area contributed by atoms with Crippen molar-refractivity contribution in [3.63, 3.8) is 0 Å². The monoisotopic (exact) mass is 220 g/mol. The van der Waals surface area contributed by atoms with Crippen molar-refractivity contribution in [1.82, 2.24) is 4.98 Å². The lowest BCUT2D eigenvalue weighted by Gasteiger charge is -2.18. The molecule has 1 aliphatic heterocycles. The van der Waals surface area contributed by atoms with Crippen LogP contribution in [0.15, 0.2) is 12.1 Å². The molecule has 0 bridgehead atoms. The summed E-state index contributed by atoms with van der Waals surface area (Å²) in [6.45, 7) is 5.86. The molecule has 3 nitrogen and oxygen atoms in total. The van der Waals surface area contributed by atoms with Crippen LogP contribution in [0, 0.1) is 13.8 Å². The van der Waals surface area contributed by atoms with Gasteiger partial charge in [-0.25, -0.2) is 0 Å². The third-order valence-corrected chi connectivity index (χ3v) is 3.04. The average Bonchev–Trinajstić information content (AvgIpc) is 2.51. The normalized spacial score (nSPS) is 21.5. The standard InChI is InChI=1S/C13H20N2O/c1-10-5-6-13(11(2)14-10)15-12-4-3-8-16-9-7-12/h5-6,12,15H,3-4,7-9H2,1-2H3. The number of aryl methyl sites for hydroxylation is 2. The first-order valence-electron chi connectivity index (χ1n) is 6.04. The number of aromatic nitrogens is 1. The Morgan fingerprint density at radius 2 is 2.12 bits per heavy atom. The van der Waals surface area contributed by atoms with Crippen LogP contribution in [0.4, 0.5) is 5.69 Å². The summed E-state index contributed by atoms with van der Waals surface area (Å²) in [5.74, 6) is 0. The molecule has 0 aliphatic carbocycles. The van der Waals surface area contributed by atoms with Crippen LogP contribution in [0.25, 0.3) is 0 Å². The number of pyridine rings is 1. The fraction of sp³-hybridized carbons (Fsp3) is 0.615. The van der Waals surface area contributed by atoms with Gasteiger partial charge in [-0.2, -0.15) is 0 Å². The van der Waals surface area contributed by atoms with Gasteiger partial charge in [0.2, 0.25) is 0 Å². The lowest BCUT2D eigenvalue weighted by molar-refractivity contribution is 0.144. The topological polar surface area (TPSA) is 34.1 Å². The first-order chi connectivity index (χ1) is 7.75. The van der Waals surface area contributed by atoms with Crippen LogP contribution in [0.3, 0.4) is 0 Å². The summed E-state index contributed by atoms with van der Waals surface area (Å²) < 4.78 is 5.46. The second kappa shape index (κ2) is 5.30. The molecule has 0 aromatic carbocycles. The molecule has 1 unspecified atom stereocenters. The van der Waals surface area contributed by atoms with Gasteiger partial charge in [-0.15, -0.1) is 0 Å². The lowest BCUT2D eigenvalue weighted by Crippen LogP contribution is -2.20. The summed E-state index contributed by atoms with van der Waals surface area (Å²) in [5, 5.41) is 3.57. The number of hydrogen-bond donors (Lipinski definition) is 1. The quantitative estimate of drug-likeness (QED) is 0.832. The van der Waals surface area contributed by atoms with Crippen molar-refractivity contribution in [1.29, 1.82) is 0 Å². The van der Waals surface area contributed by atoms with Gasteiger partial charge in [-0.3, -0.25) is 4.98 Å². The van der Waals surface area contributed by atoms with E-state index in [1.807, 2.05) is 6.92 Å². The summed E-state index contributed by atoms with van der Waals surface area (Å²) in [4.78, 5) is 4.47. The maximum Gasteiger partial charge on any atom is 0.0606 e. The van der Waals surface area contributed by atoms with Gasteiger partial charge < -0.3 is 10.1 Å². The Bertz CT molecular complexity index is 344. The van der Waals surface area contributed by atoms with Gasteiger partial charge in [-0.1, -0.05) is 0 Å². The van der Waals surface area contributed by atoms with Crippen LogP contribution >= 0.6 is 0 Å². The van der Waals surface area contributed by atoms with Crippen LogP contribution in [-0.4, -0.2) is 24.2 Å². The Balaban J connectivity index is 2.01. The molecule has 1 aromatic rings. The Hall–Kier alpha value is -1.09. The van der Waals surface area contributed by atoms with Gasteiger partial charge in [0, 0.05) is 24.9 Å². The number of rotatable bonds is 2. The highest BCUT2D eigenvalue weighted by Crippen LogP contribution is 2.18. The van der Waals surface area contributed by atoms with Gasteiger partial charge in [0.25, 0.3) is 0 Å². The first kappa shape index (κ1) is 11.4. The van der Waals surface area contributed by atoms with E-state index in [0.29, 0.717) is 6.04 Å². The molecule has 88 valence electrons. The highest BCUT2D eigenvalue weighted by Gasteiger charge is 2.13. The minimum Gasteiger partial charge on any atom is -0.381 e. The van der Waals surface area contributed by atoms with Gasteiger partial charge >= 0.3 is 0 Å². The molecular formula is C13H20N2O. The number of nitrogens with zero attached hydrogens (tertiary/aromatic N) is 1. The molecule has 0 amide bonds. The van der Waals surface area contributed by atoms with E-state index in [1.165, 1.54) is 6.42 Å². The summed E-state index contributed by atoms with van der Waals surface area (Å²) in [7, 11) is 0. The number of anilines is 1. The van der Waals surface area contributed by atoms with Crippen LogP contribution < -0.4 is 5.32 Å². The van der Waals surface area contributed by atoms with Crippen molar-refractivity contribution in [3.8, 4) is 0 Å². The maximum absolute atomic E-state index is 5.46. The molecule has 3 heteroatoms. The van der Waals surface area contributed by atoms with E-state index in [9.17, 15) is 0 Å². The summed E-state index contributed by atoms with van der Waals surface area (Å²) in [5.41, 5.74) is 3.33. The van der Waals surface area contributed by atoms with E-state index in [0.717, 1.165) is 43.1 Å². The van der Waals surface area contributed by atoms with E-state index in [4.69, 9.17) is 4.74 Å². The number of nitrogens with one attached hydrogen (secondary N) is 1. The maximum atomic E-state index is 5.46. The van der Waals surface area contributed by atoms with E-state index in [2.05, 4.69) is 29.4 Å². The molecule has 2 heterocycles. The zero-order valence-corrected chi connectivity index (χ0v) is 10.1. The van der Waals surface area contributed by atoms with Crippen molar-refractivity contribution in [2.24, 2.45) is 0 Å². The molecule has 0 radical (unpaired) electrons. The molecule has 1 fully saturated rings. The average molecular weight is 220 g/mol. The summed E-state index contributed by atoms with van der Waals surface area (Å²) >= 11 is 0. The Morgan fingerprint density at radius 3 is 2.94 bits per heavy atom. The second-order valence-corrected chi connectivity index (χ2v) is 4.47. The van der Waals surface area contributed by atoms with E-state index < -0.39 is 0 Å². The van der Waals surface area contributed by atoms with Crippen molar-refractivity contribution < 1.29 is 4.74 Å². The predicted octanol–water partition coefficient (Wildman–Crippen LogP) is 2.68. The molecule has 0 spiro atoms. The van der Waals surface area contributed by atoms with Crippen molar-refractivity contribution in [2.45, 2.75) is 39.2 Å². The molecule has 1 aliphatic rings. The summed E-state index contributed by atoms with van der Waals surface area (Å²) in [6.07, 6.45) is 3.43. The Labute approximate surface area is 97.2 Å². The second-order valence-electron chi connectivity index (χ2n) is 4.47. The zero-order chi connectivity index (χ0) is 11.4. The van der Waals surface area contributed by atoms with Gasteiger partial charge in [0.05, 0.1) is 11.4 Å². The smallest absolute Gasteiger partial charge is 0.0606 e. The van der Waals surface area contributed by atoms with Crippen LogP contribution in [0.1, 0.15) is 30.7 Å². The first-order valence-corrected chi connectivity index (χ1v) is 6.04. The van der Waals surface area contributed by atoms with Gasteiger partial charge in [0.1, 0.15) is 0 Å². The zero-order valence-electron chi connectivity index (χ0n) is 10.1. The summed E-state index contributed by atoms with van der Waals surface area (Å²) in [6, 6.07) is 4.72. The third-order valence-electron chi connectivity index (χ3n) is 3.04. The minimum atomic E-state index is 0.533.